The molecule has 2 saturated heterocycles. The molecule has 2 aromatic rings. The molecule has 3 aliphatic rings. The van der Waals surface area contributed by atoms with Gasteiger partial charge in [0.25, 0.3) is 5.91 Å². The van der Waals surface area contributed by atoms with E-state index >= 15 is 0 Å². The van der Waals surface area contributed by atoms with Crippen LogP contribution in [0, 0.1) is 5.41 Å². The molecule has 1 spiro atoms. The monoisotopic (exact) mass is 533 g/mol. The highest BCUT2D eigenvalue weighted by Gasteiger charge is 2.41. The lowest BCUT2D eigenvalue weighted by molar-refractivity contribution is -0.0171. The van der Waals surface area contributed by atoms with Crippen molar-refractivity contribution in [3.63, 3.8) is 0 Å². The molecule has 0 bridgehead atoms. The number of carbonyl (C=O) groups is 2. The van der Waals surface area contributed by atoms with E-state index in [0.717, 1.165) is 61.2 Å². The number of amides is 2. The molecule has 0 unspecified atom stereocenters. The molecule has 2 aromatic carbocycles. The molecule has 1 N–H and O–H groups in total. The van der Waals surface area contributed by atoms with E-state index in [-0.39, 0.29) is 28.6 Å². The number of aryl methyl sites for hydroxylation is 1. The molecule has 0 aliphatic carbocycles. The molecule has 2 fully saturated rings. The molecule has 2 amide bonds. The van der Waals surface area contributed by atoms with E-state index in [4.69, 9.17) is 9.47 Å². The number of benzene rings is 2. The Bertz CT molecular complexity index is 1210. The van der Waals surface area contributed by atoms with Crippen LogP contribution in [0.5, 0.6) is 5.75 Å². The summed E-state index contributed by atoms with van der Waals surface area (Å²) < 4.78 is 12.1. The molecular weight excluding hydrogens is 490 g/mol. The van der Waals surface area contributed by atoms with Gasteiger partial charge in [-0.3, -0.25) is 4.79 Å². The van der Waals surface area contributed by atoms with Gasteiger partial charge in [0.2, 0.25) is 0 Å². The number of fused-ring (bicyclic) bond motifs is 1. The summed E-state index contributed by atoms with van der Waals surface area (Å²) in [5.74, 6) is 1.04. The lowest BCUT2D eigenvalue weighted by Gasteiger charge is -2.44. The zero-order chi connectivity index (χ0) is 27.8. The van der Waals surface area contributed by atoms with Crippen molar-refractivity contribution in [2.24, 2.45) is 5.41 Å². The summed E-state index contributed by atoms with van der Waals surface area (Å²) >= 11 is 0. The first-order chi connectivity index (χ1) is 18.4. The molecule has 0 atom stereocenters. The van der Waals surface area contributed by atoms with Crippen LogP contribution >= 0.6 is 0 Å². The highest BCUT2D eigenvalue weighted by atomic mass is 16.6. The van der Waals surface area contributed by atoms with Crippen LogP contribution in [0.2, 0.25) is 0 Å². The lowest BCUT2D eigenvalue weighted by atomic mass is 9.82. The second-order valence-electron chi connectivity index (χ2n) is 13.3. The minimum atomic E-state index is -0.217. The largest absolute Gasteiger partial charge is 0.487 e. The fourth-order valence-corrected chi connectivity index (χ4v) is 5.82. The van der Waals surface area contributed by atoms with Crippen LogP contribution in [0.25, 0.3) is 11.1 Å². The number of likely N-dealkylation sites (tertiary alicyclic amines) is 1. The van der Waals surface area contributed by atoms with Crippen molar-refractivity contribution < 1.29 is 19.1 Å². The number of hydrogen-bond donors (Lipinski definition) is 1. The van der Waals surface area contributed by atoms with E-state index < -0.39 is 0 Å². The number of ether oxygens (including phenoxy) is 2. The molecule has 0 saturated carbocycles. The maximum Gasteiger partial charge on any atom is 0.409 e. The Balaban J connectivity index is 1.20. The molecular formula is C32H43N3O4. The molecule has 7 nitrogen and oxygen atoms in total. The Morgan fingerprint density at radius 1 is 0.949 bits per heavy atom. The molecule has 39 heavy (non-hydrogen) atoms. The summed E-state index contributed by atoms with van der Waals surface area (Å²) in [6.45, 7) is 14.5. The van der Waals surface area contributed by atoms with Gasteiger partial charge in [0, 0.05) is 56.7 Å². The average molecular weight is 534 g/mol. The van der Waals surface area contributed by atoms with Gasteiger partial charge in [0.05, 0.1) is 6.61 Å². The molecule has 0 aromatic heterocycles. The minimum Gasteiger partial charge on any atom is -0.487 e. The highest BCUT2D eigenvalue weighted by molar-refractivity contribution is 5.95. The van der Waals surface area contributed by atoms with E-state index in [2.05, 4.69) is 58.1 Å². The van der Waals surface area contributed by atoms with Crippen molar-refractivity contribution in [3.8, 4) is 16.9 Å². The first-order valence-electron chi connectivity index (χ1n) is 14.3. The predicted octanol–water partition coefficient (Wildman–Crippen LogP) is 5.52. The van der Waals surface area contributed by atoms with Gasteiger partial charge in [-0.05, 0) is 73.1 Å². The van der Waals surface area contributed by atoms with Crippen LogP contribution in [0.4, 0.5) is 4.79 Å². The van der Waals surface area contributed by atoms with Crippen LogP contribution in [-0.4, -0.2) is 72.3 Å². The van der Waals surface area contributed by atoms with Crippen molar-refractivity contribution in [1.82, 2.24) is 15.1 Å². The van der Waals surface area contributed by atoms with Crippen molar-refractivity contribution in [3.05, 3.63) is 53.6 Å². The topological polar surface area (TPSA) is 71.1 Å². The maximum absolute atomic E-state index is 13.1. The SMILES string of the molecule is CC(C)(C)COC(=O)N1CCC2(CCc3cc(-c4ccc(C(=O)N5CCNC(C)(C)C5)cc4)ccc3O2)CC1. The van der Waals surface area contributed by atoms with Gasteiger partial charge in [-0.15, -0.1) is 0 Å². The lowest BCUT2D eigenvalue weighted by Crippen LogP contribution is -2.58. The Morgan fingerprint density at radius 3 is 2.31 bits per heavy atom. The summed E-state index contributed by atoms with van der Waals surface area (Å²) in [6.07, 6.45) is 3.32. The highest BCUT2D eigenvalue weighted by Crippen LogP contribution is 2.41. The number of piperazine rings is 1. The molecule has 5 rings (SSSR count). The quantitative estimate of drug-likeness (QED) is 0.563. The summed E-state index contributed by atoms with van der Waals surface area (Å²) in [5.41, 5.74) is 3.86. The summed E-state index contributed by atoms with van der Waals surface area (Å²) in [6, 6.07) is 14.4. The van der Waals surface area contributed by atoms with E-state index in [1.807, 2.05) is 34.1 Å². The molecule has 3 heterocycles. The fourth-order valence-electron chi connectivity index (χ4n) is 5.82. The number of hydrogen-bond acceptors (Lipinski definition) is 5. The fraction of sp³-hybridized carbons (Fsp3) is 0.562. The Hall–Kier alpha value is -3.06. The third-order valence-electron chi connectivity index (χ3n) is 8.12. The first kappa shape index (κ1) is 27.5. The van der Waals surface area contributed by atoms with Crippen LogP contribution in [0.3, 0.4) is 0 Å². The average Bonchev–Trinajstić information content (AvgIpc) is 2.90. The summed E-state index contributed by atoms with van der Waals surface area (Å²) in [4.78, 5) is 29.3. The zero-order valence-electron chi connectivity index (χ0n) is 24.1. The van der Waals surface area contributed by atoms with Gasteiger partial charge in [-0.1, -0.05) is 39.0 Å². The molecule has 7 heteroatoms. The van der Waals surface area contributed by atoms with Crippen LogP contribution in [0.1, 0.15) is 69.8 Å². The van der Waals surface area contributed by atoms with Crippen LogP contribution in [-0.2, 0) is 11.2 Å². The van der Waals surface area contributed by atoms with Gasteiger partial charge in [-0.2, -0.15) is 0 Å². The molecule has 3 aliphatic heterocycles. The molecule has 210 valence electrons. The van der Waals surface area contributed by atoms with E-state index in [1.165, 1.54) is 5.56 Å². The Labute approximate surface area is 232 Å². The number of rotatable bonds is 3. The number of piperidine rings is 1. The van der Waals surface area contributed by atoms with E-state index in [0.29, 0.717) is 26.2 Å². The second kappa shape index (κ2) is 10.5. The number of nitrogens with zero attached hydrogens (tertiary/aromatic N) is 2. The third kappa shape index (κ3) is 6.40. The normalized spacial score (nSPS) is 20.2. The molecule has 0 radical (unpaired) electrons. The standard InChI is InChI=1S/C32H43N3O4/c1-30(2,3)22-38-29(37)34-17-14-32(15-18-34)13-12-26-20-25(10-11-27(26)39-32)23-6-8-24(9-7-23)28(36)35-19-16-33-31(4,5)21-35/h6-11,20,33H,12-19,21-22H2,1-5H3. The number of carbonyl (C=O) groups excluding carboxylic acids is 2. The smallest absolute Gasteiger partial charge is 0.409 e. The number of nitrogens with one attached hydrogen (secondary N) is 1. The second-order valence-corrected chi connectivity index (χ2v) is 13.3. The van der Waals surface area contributed by atoms with Gasteiger partial charge < -0.3 is 24.6 Å². The van der Waals surface area contributed by atoms with Gasteiger partial charge in [0.15, 0.2) is 0 Å². The first-order valence-corrected chi connectivity index (χ1v) is 14.3. The third-order valence-corrected chi connectivity index (χ3v) is 8.12. The van der Waals surface area contributed by atoms with Gasteiger partial charge in [0.1, 0.15) is 11.4 Å². The van der Waals surface area contributed by atoms with Crippen molar-refractivity contribution in [2.45, 2.75) is 71.4 Å². The van der Waals surface area contributed by atoms with E-state index in [9.17, 15) is 9.59 Å². The summed E-state index contributed by atoms with van der Waals surface area (Å²) in [5, 5.41) is 3.46. The Kier molecular flexibility index (Phi) is 7.40. The zero-order valence-corrected chi connectivity index (χ0v) is 24.1. The van der Waals surface area contributed by atoms with Crippen molar-refractivity contribution in [1.29, 1.82) is 0 Å². The van der Waals surface area contributed by atoms with Crippen LogP contribution < -0.4 is 10.1 Å². The minimum absolute atomic E-state index is 0.0381. The predicted molar refractivity (Wildman–Crippen MR) is 153 cm³/mol. The summed E-state index contributed by atoms with van der Waals surface area (Å²) in [7, 11) is 0. The van der Waals surface area contributed by atoms with Crippen molar-refractivity contribution in [2.75, 3.05) is 39.3 Å². The Morgan fingerprint density at radius 2 is 1.64 bits per heavy atom. The van der Waals surface area contributed by atoms with E-state index in [1.54, 1.807) is 0 Å². The maximum atomic E-state index is 13.1. The van der Waals surface area contributed by atoms with Gasteiger partial charge >= 0.3 is 6.09 Å². The van der Waals surface area contributed by atoms with Crippen LogP contribution in [0.15, 0.2) is 42.5 Å². The van der Waals surface area contributed by atoms with Gasteiger partial charge in [-0.25, -0.2) is 4.79 Å². The van der Waals surface area contributed by atoms with Crippen molar-refractivity contribution >= 4 is 12.0 Å².